The Balaban J connectivity index is 1.45. The van der Waals surface area contributed by atoms with E-state index >= 15 is 0 Å². The second-order valence-corrected chi connectivity index (χ2v) is 7.78. The highest BCUT2D eigenvalue weighted by molar-refractivity contribution is 7.14. The number of hydrogen-bond acceptors (Lipinski definition) is 5. The topological polar surface area (TPSA) is 80.3 Å². The first-order valence-corrected chi connectivity index (χ1v) is 10.1. The van der Waals surface area contributed by atoms with Gasteiger partial charge in [0.05, 0.1) is 11.4 Å². The van der Waals surface area contributed by atoms with Crippen LogP contribution in [0.3, 0.4) is 0 Å². The summed E-state index contributed by atoms with van der Waals surface area (Å²) < 4.78 is 5.35. The Labute approximate surface area is 180 Å². The van der Waals surface area contributed by atoms with Crippen LogP contribution in [0.15, 0.2) is 47.9 Å². The van der Waals surface area contributed by atoms with Gasteiger partial charge in [0.15, 0.2) is 11.7 Å². The third-order valence-electron chi connectivity index (χ3n) is 4.02. The van der Waals surface area contributed by atoms with E-state index in [0.717, 1.165) is 5.56 Å². The maximum atomic E-state index is 12.2. The van der Waals surface area contributed by atoms with E-state index in [1.807, 2.05) is 11.4 Å². The zero-order valence-electron chi connectivity index (χ0n) is 14.7. The molecule has 1 aliphatic rings. The molecule has 0 unspecified atom stereocenters. The Bertz CT molecular complexity index is 1140. The molecule has 0 fully saturated rings. The van der Waals surface area contributed by atoms with Crippen LogP contribution in [0.25, 0.3) is 17.3 Å². The van der Waals surface area contributed by atoms with Crippen LogP contribution in [0, 0.1) is 0 Å². The Morgan fingerprint density at radius 1 is 1.24 bits per heavy atom. The highest BCUT2D eigenvalue weighted by atomic mass is 35.5. The lowest BCUT2D eigenvalue weighted by molar-refractivity contribution is -0.118. The minimum absolute atomic E-state index is 0.00791. The molecule has 2 heterocycles. The van der Waals surface area contributed by atoms with E-state index in [1.165, 1.54) is 17.4 Å². The van der Waals surface area contributed by atoms with Gasteiger partial charge in [-0.05, 0) is 42.0 Å². The molecule has 0 bridgehead atoms. The molecule has 4 rings (SSSR count). The molecule has 2 aromatic carbocycles. The molecule has 2 amide bonds. The van der Waals surface area contributed by atoms with Crippen molar-refractivity contribution in [2.75, 3.05) is 17.2 Å². The summed E-state index contributed by atoms with van der Waals surface area (Å²) in [5, 5.41) is 8.75. The van der Waals surface area contributed by atoms with E-state index in [0.29, 0.717) is 37.9 Å². The number of hydrogen-bond donors (Lipinski definition) is 2. The van der Waals surface area contributed by atoms with Gasteiger partial charge in [0.2, 0.25) is 5.91 Å². The molecular weight excluding hydrogens is 433 g/mol. The molecule has 0 atom stereocenters. The maximum Gasteiger partial charge on any atom is 0.262 e. The van der Waals surface area contributed by atoms with Crippen LogP contribution in [0.5, 0.6) is 5.75 Å². The number of fused-ring (bicyclic) bond motifs is 1. The van der Waals surface area contributed by atoms with Crippen molar-refractivity contribution in [3.8, 4) is 17.0 Å². The molecule has 0 saturated heterocycles. The molecule has 0 radical (unpaired) electrons. The summed E-state index contributed by atoms with van der Waals surface area (Å²) in [6.45, 7) is 0.00791. The largest absolute Gasteiger partial charge is 0.482 e. The Hall–Kier alpha value is -2.87. The van der Waals surface area contributed by atoms with Crippen molar-refractivity contribution in [2.45, 2.75) is 0 Å². The monoisotopic (exact) mass is 445 g/mol. The van der Waals surface area contributed by atoms with Crippen LogP contribution < -0.4 is 15.4 Å². The predicted octanol–water partition coefficient (Wildman–Crippen LogP) is 5.10. The Morgan fingerprint density at radius 3 is 2.93 bits per heavy atom. The molecular formula is C20H13Cl2N3O3S. The number of benzene rings is 2. The number of halogens is 2. The van der Waals surface area contributed by atoms with E-state index in [1.54, 1.807) is 36.4 Å². The van der Waals surface area contributed by atoms with E-state index in [-0.39, 0.29) is 18.4 Å². The van der Waals surface area contributed by atoms with Gasteiger partial charge in [-0.3, -0.25) is 14.9 Å². The number of aromatic nitrogens is 1. The lowest BCUT2D eigenvalue weighted by Crippen LogP contribution is -2.25. The minimum Gasteiger partial charge on any atom is -0.482 e. The summed E-state index contributed by atoms with van der Waals surface area (Å²) in [5.74, 6) is 0.0829. The number of anilines is 2. The van der Waals surface area contributed by atoms with Crippen molar-refractivity contribution in [3.63, 3.8) is 0 Å². The number of carbonyl (C=O) groups excluding carboxylic acids is 2. The number of nitrogens with one attached hydrogen (secondary N) is 2. The Morgan fingerprint density at radius 2 is 2.10 bits per heavy atom. The van der Waals surface area contributed by atoms with E-state index in [9.17, 15) is 9.59 Å². The highest BCUT2D eigenvalue weighted by Gasteiger charge is 2.17. The van der Waals surface area contributed by atoms with E-state index in [2.05, 4.69) is 15.6 Å². The maximum absolute atomic E-state index is 12.2. The fourth-order valence-corrected chi connectivity index (χ4v) is 3.85. The minimum atomic E-state index is -0.331. The number of nitrogens with zero attached hydrogens (tertiary/aromatic N) is 1. The van der Waals surface area contributed by atoms with E-state index in [4.69, 9.17) is 27.9 Å². The van der Waals surface area contributed by atoms with Crippen LogP contribution in [0.2, 0.25) is 10.0 Å². The zero-order chi connectivity index (χ0) is 20.4. The van der Waals surface area contributed by atoms with Crippen molar-refractivity contribution < 1.29 is 14.3 Å². The third-order valence-corrected chi connectivity index (χ3v) is 5.34. The first-order valence-electron chi connectivity index (χ1n) is 8.45. The van der Waals surface area contributed by atoms with Gasteiger partial charge in [-0.2, -0.15) is 0 Å². The molecule has 29 heavy (non-hydrogen) atoms. The quantitative estimate of drug-likeness (QED) is 0.547. The Kier molecular flexibility index (Phi) is 5.53. The average molecular weight is 446 g/mol. The van der Waals surface area contributed by atoms with Gasteiger partial charge in [-0.25, -0.2) is 4.98 Å². The molecule has 146 valence electrons. The summed E-state index contributed by atoms with van der Waals surface area (Å²) >= 11 is 13.3. The fraction of sp³-hybridized carbons (Fsp3) is 0.0500. The molecule has 2 N–H and O–H groups in total. The van der Waals surface area contributed by atoms with Gasteiger partial charge in [0, 0.05) is 27.1 Å². The van der Waals surface area contributed by atoms with Crippen molar-refractivity contribution >= 4 is 63.2 Å². The van der Waals surface area contributed by atoms with E-state index < -0.39 is 0 Å². The molecule has 9 heteroatoms. The lowest BCUT2D eigenvalue weighted by atomic mass is 10.1. The summed E-state index contributed by atoms with van der Waals surface area (Å²) in [7, 11) is 0. The normalized spacial score (nSPS) is 13.0. The molecule has 6 nitrogen and oxygen atoms in total. The lowest BCUT2D eigenvalue weighted by Gasteiger charge is -2.18. The second-order valence-electron chi connectivity index (χ2n) is 6.07. The number of ether oxygens (including phenoxy) is 1. The average Bonchev–Trinajstić information content (AvgIpc) is 3.15. The van der Waals surface area contributed by atoms with Crippen molar-refractivity contribution in [1.29, 1.82) is 0 Å². The van der Waals surface area contributed by atoms with Crippen molar-refractivity contribution in [2.24, 2.45) is 0 Å². The first kappa shape index (κ1) is 19.4. The molecule has 0 saturated carbocycles. The van der Waals surface area contributed by atoms with Gasteiger partial charge in [-0.1, -0.05) is 29.3 Å². The SMILES string of the molecule is O=C(/C=C/c1ccc(Cl)cc1Cl)Nc1nc(-c2ccc3c(c2)NC(=O)CO3)cs1. The predicted molar refractivity (Wildman–Crippen MR) is 116 cm³/mol. The van der Waals surface area contributed by atoms with Crippen LogP contribution in [0.1, 0.15) is 5.56 Å². The van der Waals surface area contributed by atoms with Crippen molar-refractivity contribution in [3.05, 3.63) is 63.5 Å². The molecule has 3 aromatic rings. The number of carbonyl (C=O) groups is 2. The van der Waals surface area contributed by atoms with Crippen LogP contribution in [-0.2, 0) is 9.59 Å². The third kappa shape index (κ3) is 4.59. The summed E-state index contributed by atoms with van der Waals surface area (Å²) in [6.07, 6.45) is 2.98. The summed E-state index contributed by atoms with van der Waals surface area (Å²) in [6, 6.07) is 10.5. The van der Waals surface area contributed by atoms with Crippen LogP contribution >= 0.6 is 34.5 Å². The van der Waals surface area contributed by atoms with Gasteiger partial charge in [-0.15, -0.1) is 11.3 Å². The molecule has 0 aliphatic carbocycles. The highest BCUT2D eigenvalue weighted by Crippen LogP contribution is 2.33. The second kappa shape index (κ2) is 8.24. The van der Waals surface area contributed by atoms with Gasteiger partial charge in [0.25, 0.3) is 5.91 Å². The zero-order valence-corrected chi connectivity index (χ0v) is 17.1. The van der Waals surface area contributed by atoms with Gasteiger partial charge < -0.3 is 10.1 Å². The standard InChI is InChI=1S/C20H13Cl2N3O3S/c21-13-4-1-11(14(22)8-13)3-6-18(26)25-20-24-16(10-29-20)12-2-5-17-15(7-12)23-19(27)9-28-17/h1-8,10H,9H2,(H,23,27)(H,24,25,26)/b6-3+. The van der Waals surface area contributed by atoms with Crippen LogP contribution in [0.4, 0.5) is 10.8 Å². The summed E-state index contributed by atoms with van der Waals surface area (Å²) in [4.78, 5) is 28.1. The fourth-order valence-electron chi connectivity index (χ4n) is 2.66. The van der Waals surface area contributed by atoms with Gasteiger partial charge in [0.1, 0.15) is 5.75 Å². The number of amides is 2. The first-order chi connectivity index (χ1) is 14.0. The van der Waals surface area contributed by atoms with Gasteiger partial charge >= 0.3 is 0 Å². The molecule has 1 aliphatic heterocycles. The molecule has 1 aromatic heterocycles. The number of rotatable bonds is 4. The molecule has 0 spiro atoms. The number of thiazole rings is 1. The smallest absolute Gasteiger partial charge is 0.262 e. The van der Waals surface area contributed by atoms with Crippen LogP contribution in [-0.4, -0.2) is 23.4 Å². The van der Waals surface area contributed by atoms with Crippen molar-refractivity contribution in [1.82, 2.24) is 4.98 Å². The summed E-state index contributed by atoms with van der Waals surface area (Å²) in [5.41, 5.74) is 2.76.